The second-order valence-electron chi connectivity index (χ2n) is 4.74. The molecule has 2 aromatic carbocycles. The van der Waals surface area contributed by atoms with E-state index < -0.39 is 0 Å². The van der Waals surface area contributed by atoms with Gasteiger partial charge in [0.1, 0.15) is 11.8 Å². The number of rotatable bonds is 5. The first-order chi connectivity index (χ1) is 9.69. The number of nitrogens with zero attached hydrogens (tertiary/aromatic N) is 1. The minimum absolute atomic E-state index is 0.0788. The number of hydrogen-bond acceptors (Lipinski definition) is 3. The normalized spacial score (nSPS) is 9.85. The Morgan fingerprint density at radius 3 is 2.45 bits per heavy atom. The Labute approximate surface area is 119 Å². The van der Waals surface area contributed by atoms with E-state index in [0.717, 1.165) is 12.2 Å². The summed E-state index contributed by atoms with van der Waals surface area (Å²) in [6.45, 7) is 5.11. The van der Waals surface area contributed by atoms with E-state index in [0.29, 0.717) is 5.75 Å². The van der Waals surface area contributed by atoms with E-state index in [-0.39, 0.29) is 6.61 Å². The average Bonchev–Trinajstić information content (AvgIpc) is 2.47. The van der Waals surface area contributed by atoms with Gasteiger partial charge in [-0.3, -0.25) is 0 Å². The van der Waals surface area contributed by atoms with Crippen molar-refractivity contribution in [3.8, 4) is 11.8 Å². The van der Waals surface area contributed by atoms with E-state index in [9.17, 15) is 0 Å². The quantitative estimate of drug-likeness (QED) is 0.894. The first kappa shape index (κ1) is 14.0. The molecule has 3 nitrogen and oxygen atoms in total. The smallest absolute Gasteiger partial charge is 0.174 e. The molecule has 0 saturated heterocycles. The third kappa shape index (κ3) is 3.76. The maximum atomic E-state index is 8.45. The van der Waals surface area contributed by atoms with E-state index in [4.69, 9.17) is 10.00 Å². The lowest BCUT2D eigenvalue weighted by Gasteiger charge is -2.09. The van der Waals surface area contributed by atoms with Crippen LogP contribution in [-0.4, -0.2) is 6.61 Å². The van der Waals surface area contributed by atoms with Crippen LogP contribution in [-0.2, 0) is 6.54 Å². The lowest BCUT2D eigenvalue weighted by molar-refractivity contribution is 0.368. The molecule has 0 aromatic heterocycles. The molecule has 0 aliphatic carbocycles. The number of anilines is 1. The van der Waals surface area contributed by atoms with E-state index in [1.165, 1.54) is 16.7 Å². The summed E-state index contributed by atoms with van der Waals surface area (Å²) in [5.41, 5.74) is 4.92. The Morgan fingerprint density at radius 1 is 1.05 bits per heavy atom. The van der Waals surface area contributed by atoms with Crippen LogP contribution in [0.3, 0.4) is 0 Å². The molecule has 0 unspecified atom stereocenters. The molecule has 0 radical (unpaired) electrons. The molecule has 0 aliphatic rings. The number of aryl methyl sites for hydroxylation is 2. The number of benzene rings is 2. The molecule has 0 fully saturated rings. The van der Waals surface area contributed by atoms with Crippen molar-refractivity contribution in [3.63, 3.8) is 0 Å². The van der Waals surface area contributed by atoms with Crippen LogP contribution in [0.2, 0.25) is 0 Å². The SMILES string of the molecule is Cc1ccc(CNc2ccc(OCC#N)cc2)cc1C. The fraction of sp³-hybridized carbons (Fsp3) is 0.235. The number of ether oxygens (including phenoxy) is 1. The van der Waals surface area contributed by atoms with Gasteiger partial charge in [-0.2, -0.15) is 5.26 Å². The molecule has 3 heteroatoms. The summed E-state index contributed by atoms with van der Waals surface area (Å²) < 4.78 is 5.21. The molecule has 20 heavy (non-hydrogen) atoms. The van der Waals surface area contributed by atoms with Gasteiger partial charge >= 0.3 is 0 Å². The van der Waals surface area contributed by atoms with E-state index in [1.807, 2.05) is 30.3 Å². The van der Waals surface area contributed by atoms with Crippen LogP contribution in [0.15, 0.2) is 42.5 Å². The molecule has 0 amide bonds. The van der Waals surface area contributed by atoms with Crippen LogP contribution >= 0.6 is 0 Å². The lowest BCUT2D eigenvalue weighted by atomic mass is 10.1. The summed E-state index contributed by atoms with van der Waals surface area (Å²) in [5.74, 6) is 0.711. The van der Waals surface area contributed by atoms with Gasteiger partial charge in [0.05, 0.1) is 0 Å². The van der Waals surface area contributed by atoms with Crippen LogP contribution in [0.1, 0.15) is 16.7 Å². The van der Waals surface area contributed by atoms with Crippen molar-refractivity contribution in [2.45, 2.75) is 20.4 Å². The highest BCUT2D eigenvalue weighted by atomic mass is 16.5. The standard InChI is InChI=1S/C17H18N2O/c1-13-3-4-15(11-14(13)2)12-19-16-5-7-17(8-6-16)20-10-9-18/h3-8,11,19H,10,12H2,1-2H3. The summed E-state index contributed by atoms with van der Waals surface area (Å²) in [5, 5.41) is 11.8. The maximum Gasteiger partial charge on any atom is 0.174 e. The predicted octanol–water partition coefficient (Wildman–Crippen LogP) is 3.82. The van der Waals surface area contributed by atoms with Crippen molar-refractivity contribution in [1.82, 2.24) is 0 Å². The molecule has 0 heterocycles. The first-order valence-corrected chi connectivity index (χ1v) is 6.59. The zero-order chi connectivity index (χ0) is 14.4. The van der Waals surface area contributed by atoms with E-state index >= 15 is 0 Å². The average molecular weight is 266 g/mol. The molecule has 0 saturated carbocycles. The largest absolute Gasteiger partial charge is 0.479 e. The van der Waals surface area contributed by atoms with E-state index in [1.54, 1.807) is 0 Å². The summed E-state index contributed by atoms with van der Waals surface area (Å²) >= 11 is 0. The summed E-state index contributed by atoms with van der Waals surface area (Å²) in [6.07, 6.45) is 0. The Hall–Kier alpha value is -2.47. The van der Waals surface area contributed by atoms with E-state index in [2.05, 4.69) is 37.4 Å². The summed E-state index contributed by atoms with van der Waals surface area (Å²) in [7, 11) is 0. The number of nitriles is 1. The number of hydrogen-bond donors (Lipinski definition) is 1. The van der Waals surface area contributed by atoms with Crippen molar-refractivity contribution in [3.05, 3.63) is 59.2 Å². The van der Waals surface area contributed by atoms with Gasteiger partial charge in [0.15, 0.2) is 6.61 Å². The van der Waals surface area contributed by atoms with Gasteiger partial charge in [-0.1, -0.05) is 18.2 Å². The Kier molecular flexibility index (Phi) is 4.62. The molecule has 0 bridgehead atoms. The maximum absolute atomic E-state index is 8.45. The lowest BCUT2D eigenvalue weighted by Crippen LogP contribution is -2.00. The van der Waals surface area contributed by atoms with Gasteiger partial charge in [-0.15, -0.1) is 0 Å². The summed E-state index contributed by atoms with van der Waals surface area (Å²) in [4.78, 5) is 0. The molecule has 0 spiro atoms. The van der Waals surface area contributed by atoms with Gasteiger partial charge in [0.2, 0.25) is 0 Å². The molecule has 1 N–H and O–H groups in total. The van der Waals surface area contributed by atoms with Crippen LogP contribution in [0, 0.1) is 25.2 Å². The van der Waals surface area contributed by atoms with Gasteiger partial charge < -0.3 is 10.1 Å². The van der Waals surface area contributed by atoms with Gasteiger partial charge in [-0.25, -0.2) is 0 Å². The molecule has 0 aliphatic heterocycles. The van der Waals surface area contributed by atoms with Crippen LogP contribution in [0.25, 0.3) is 0 Å². The molecule has 2 rings (SSSR count). The highest BCUT2D eigenvalue weighted by Crippen LogP contribution is 2.17. The zero-order valence-corrected chi connectivity index (χ0v) is 11.8. The predicted molar refractivity (Wildman–Crippen MR) is 80.8 cm³/mol. The van der Waals surface area contributed by atoms with Crippen molar-refractivity contribution in [2.75, 3.05) is 11.9 Å². The van der Waals surface area contributed by atoms with Crippen molar-refractivity contribution < 1.29 is 4.74 Å². The number of nitrogens with one attached hydrogen (secondary N) is 1. The van der Waals surface area contributed by atoms with Gasteiger partial charge in [0, 0.05) is 12.2 Å². The minimum Gasteiger partial charge on any atom is -0.479 e. The molecule has 2 aromatic rings. The second kappa shape index (κ2) is 6.63. The molecule has 102 valence electrons. The fourth-order valence-electron chi connectivity index (χ4n) is 1.90. The van der Waals surface area contributed by atoms with Gasteiger partial charge in [0.25, 0.3) is 0 Å². The highest BCUT2D eigenvalue weighted by Gasteiger charge is 1.98. The third-order valence-corrected chi connectivity index (χ3v) is 3.23. The highest BCUT2D eigenvalue weighted by molar-refractivity contribution is 5.47. The van der Waals surface area contributed by atoms with Crippen LogP contribution in [0.5, 0.6) is 5.75 Å². The topological polar surface area (TPSA) is 45.0 Å². The van der Waals surface area contributed by atoms with Crippen LogP contribution in [0.4, 0.5) is 5.69 Å². The Balaban J connectivity index is 1.93. The van der Waals surface area contributed by atoms with Crippen LogP contribution < -0.4 is 10.1 Å². The Morgan fingerprint density at radius 2 is 1.80 bits per heavy atom. The monoisotopic (exact) mass is 266 g/mol. The van der Waals surface area contributed by atoms with Crippen molar-refractivity contribution >= 4 is 5.69 Å². The third-order valence-electron chi connectivity index (χ3n) is 3.23. The summed E-state index contributed by atoms with van der Waals surface area (Å²) in [6, 6.07) is 16.1. The Bertz CT molecular complexity index is 612. The van der Waals surface area contributed by atoms with Gasteiger partial charge in [-0.05, 0) is 54.8 Å². The van der Waals surface area contributed by atoms with Crippen molar-refractivity contribution in [2.24, 2.45) is 0 Å². The zero-order valence-electron chi connectivity index (χ0n) is 11.8. The molecular weight excluding hydrogens is 248 g/mol. The first-order valence-electron chi connectivity index (χ1n) is 6.59. The fourth-order valence-corrected chi connectivity index (χ4v) is 1.90. The molecule has 0 atom stereocenters. The minimum atomic E-state index is 0.0788. The second-order valence-corrected chi connectivity index (χ2v) is 4.74. The molecular formula is C17H18N2O. The van der Waals surface area contributed by atoms with Crippen molar-refractivity contribution in [1.29, 1.82) is 5.26 Å².